The highest BCUT2D eigenvalue weighted by Crippen LogP contribution is 2.29. The highest BCUT2D eigenvalue weighted by Gasteiger charge is 2.12. The van der Waals surface area contributed by atoms with Crippen LogP contribution in [0.15, 0.2) is 4.34 Å². The number of carbonyl (C=O) groups is 1. The largest absolute Gasteiger partial charge is 0.481 e. The molecule has 0 amide bonds. The minimum Gasteiger partial charge on any atom is -0.481 e. The van der Waals surface area contributed by atoms with Gasteiger partial charge in [-0.15, -0.1) is 11.3 Å². The van der Waals surface area contributed by atoms with Gasteiger partial charge in [-0.25, -0.2) is 4.98 Å². The maximum absolute atomic E-state index is 10.7. The number of carboxylic acid groups (broad SMARTS) is 1. The average Bonchev–Trinajstić information content (AvgIpc) is 2.65. The number of rotatable bonds is 5. The van der Waals surface area contributed by atoms with E-state index in [1.165, 1.54) is 23.1 Å². The van der Waals surface area contributed by atoms with Gasteiger partial charge in [0.25, 0.3) is 0 Å². The molecule has 0 aliphatic rings. The van der Waals surface area contributed by atoms with Crippen molar-refractivity contribution in [2.75, 3.05) is 11.5 Å². The Morgan fingerprint density at radius 3 is 2.50 bits per heavy atom. The first kappa shape index (κ1) is 14.5. The summed E-state index contributed by atoms with van der Waals surface area (Å²) in [6.45, 7) is 1.79. The molecule has 2 rings (SSSR count). The topological polar surface area (TPSA) is 141 Å². The molecule has 0 radical (unpaired) electrons. The molecule has 0 aliphatic heterocycles. The molecule has 2 heterocycles. The van der Waals surface area contributed by atoms with Crippen molar-refractivity contribution in [1.82, 2.24) is 19.9 Å². The van der Waals surface area contributed by atoms with Crippen LogP contribution in [0.2, 0.25) is 0 Å². The van der Waals surface area contributed by atoms with Crippen molar-refractivity contribution in [3.05, 3.63) is 16.4 Å². The number of nitrogen functional groups attached to an aromatic ring is 2. The van der Waals surface area contributed by atoms with Crippen LogP contribution in [0.1, 0.15) is 16.4 Å². The van der Waals surface area contributed by atoms with Crippen LogP contribution in [-0.4, -0.2) is 31.0 Å². The molecule has 106 valence electrons. The van der Waals surface area contributed by atoms with Crippen LogP contribution in [-0.2, 0) is 17.0 Å². The van der Waals surface area contributed by atoms with Gasteiger partial charge in [-0.05, 0) is 6.92 Å². The van der Waals surface area contributed by atoms with Crippen molar-refractivity contribution in [3.63, 3.8) is 0 Å². The van der Waals surface area contributed by atoms with E-state index in [9.17, 15) is 4.79 Å². The van der Waals surface area contributed by atoms with Crippen LogP contribution in [0, 0.1) is 6.92 Å². The van der Waals surface area contributed by atoms with E-state index >= 15 is 0 Å². The maximum atomic E-state index is 10.7. The number of aromatic nitrogens is 4. The van der Waals surface area contributed by atoms with Crippen molar-refractivity contribution in [2.24, 2.45) is 0 Å². The second kappa shape index (κ2) is 6.01. The second-order valence-electron chi connectivity index (χ2n) is 3.82. The van der Waals surface area contributed by atoms with Gasteiger partial charge in [0.2, 0.25) is 11.9 Å². The van der Waals surface area contributed by atoms with Gasteiger partial charge >= 0.3 is 5.97 Å². The first-order valence-electron chi connectivity index (χ1n) is 5.51. The van der Waals surface area contributed by atoms with E-state index < -0.39 is 5.97 Å². The molecule has 0 atom stereocenters. The second-order valence-corrected chi connectivity index (χ2v) is 6.12. The Balaban J connectivity index is 2.05. The van der Waals surface area contributed by atoms with Crippen LogP contribution in [0.5, 0.6) is 0 Å². The Hall–Kier alpha value is -1.94. The van der Waals surface area contributed by atoms with Crippen molar-refractivity contribution in [3.8, 4) is 0 Å². The summed E-state index contributed by atoms with van der Waals surface area (Å²) in [5.41, 5.74) is 11.7. The predicted molar refractivity (Wildman–Crippen MR) is 76.4 cm³/mol. The number of aliphatic carboxylic acids is 1. The summed E-state index contributed by atoms with van der Waals surface area (Å²) >= 11 is 2.76. The Labute approximate surface area is 122 Å². The van der Waals surface area contributed by atoms with Gasteiger partial charge in [0.1, 0.15) is 5.82 Å². The number of hydrogen-bond acceptors (Lipinski definition) is 9. The first-order valence-corrected chi connectivity index (χ1v) is 7.31. The lowest BCUT2D eigenvalue weighted by Crippen LogP contribution is -2.05. The van der Waals surface area contributed by atoms with E-state index in [2.05, 4.69) is 19.9 Å². The number of thioether (sulfide) groups is 1. The first-order chi connectivity index (χ1) is 9.44. The zero-order valence-corrected chi connectivity index (χ0v) is 12.2. The SMILES string of the molecule is Cc1nc(SCc2nc(N)nc(N)n2)sc1CC(=O)O. The summed E-state index contributed by atoms with van der Waals surface area (Å²) in [4.78, 5) is 27.4. The predicted octanol–water partition coefficient (Wildman–Crippen LogP) is 0.720. The zero-order valence-electron chi connectivity index (χ0n) is 10.5. The molecule has 20 heavy (non-hydrogen) atoms. The average molecular weight is 312 g/mol. The number of thiazole rings is 1. The van der Waals surface area contributed by atoms with Crippen molar-refractivity contribution in [1.29, 1.82) is 0 Å². The molecule has 2 aromatic heterocycles. The lowest BCUT2D eigenvalue weighted by molar-refractivity contribution is -0.136. The minimum absolute atomic E-state index is 0.0181. The Bertz CT molecular complexity index is 624. The molecule has 0 aliphatic carbocycles. The summed E-state index contributed by atoms with van der Waals surface area (Å²) in [7, 11) is 0. The number of anilines is 2. The number of aryl methyl sites for hydroxylation is 1. The normalized spacial score (nSPS) is 10.7. The van der Waals surface area contributed by atoms with Gasteiger partial charge in [0, 0.05) is 4.88 Å². The van der Waals surface area contributed by atoms with Crippen LogP contribution in [0.25, 0.3) is 0 Å². The molecule has 8 nitrogen and oxygen atoms in total. The molecule has 0 fully saturated rings. The van der Waals surface area contributed by atoms with E-state index in [1.807, 2.05) is 0 Å². The molecule has 0 saturated carbocycles. The maximum Gasteiger partial charge on any atom is 0.308 e. The van der Waals surface area contributed by atoms with Crippen LogP contribution in [0.3, 0.4) is 0 Å². The monoisotopic (exact) mass is 312 g/mol. The molecule has 0 spiro atoms. The molecule has 0 bridgehead atoms. The number of nitrogens with zero attached hydrogens (tertiary/aromatic N) is 4. The molecule has 0 saturated heterocycles. The highest BCUT2D eigenvalue weighted by atomic mass is 32.2. The molecule has 5 N–H and O–H groups in total. The third-order valence-electron chi connectivity index (χ3n) is 2.23. The third-order valence-corrected chi connectivity index (χ3v) is 4.52. The van der Waals surface area contributed by atoms with E-state index in [0.717, 1.165) is 14.9 Å². The fourth-order valence-electron chi connectivity index (χ4n) is 1.41. The molecule has 2 aromatic rings. The van der Waals surface area contributed by atoms with Gasteiger partial charge in [-0.1, -0.05) is 11.8 Å². The van der Waals surface area contributed by atoms with Crippen molar-refractivity contribution in [2.45, 2.75) is 23.4 Å². The van der Waals surface area contributed by atoms with E-state index in [0.29, 0.717) is 11.6 Å². The fourth-order valence-corrected chi connectivity index (χ4v) is 3.49. The number of hydrogen-bond donors (Lipinski definition) is 3. The fraction of sp³-hybridized carbons (Fsp3) is 0.300. The zero-order chi connectivity index (χ0) is 14.7. The van der Waals surface area contributed by atoms with Gasteiger partial charge in [-0.2, -0.15) is 15.0 Å². The molecular formula is C10H12N6O2S2. The van der Waals surface area contributed by atoms with Crippen LogP contribution in [0.4, 0.5) is 11.9 Å². The Kier molecular flexibility index (Phi) is 4.35. The standard InChI is InChI=1S/C10H12N6O2S2/c1-4-5(2-7(17)18)20-10(13-4)19-3-6-14-8(11)16-9(12)15-6/h2-3H2,1H3,(H,17,18)(H4,11,12,14,15,16). The van der Waals surface area contributed by atoms with Gasteiger partial charge in [0.05, 0.1) is 17.9 Å². The molecular weight excluding hydrogens is 300 g/mol. The van der Waals surface area contributed by atoms with Crippen molar-refractivity contribution < 1.29 is 9.90 Å². The number of nitrogens with two attached hydrogens (primary N) is 2. The Morgan fingerprint density at radius 1 is 1.25 bits per heavy atom. The summed E-state index contributed by atoms with van der Waals surface area (Å²) in [6.07, 6.45) is -0.0181. The van der Waals surface area contributed by atoms with Gasteiger partial charge < -0.3 is 16.6 Å². The van der Waals surface area contributed by atoms with Crippen LogP contribution >= 0.6 is 23.1 Å². The summed E-state index contributed by atoms with van der Waals surface area (Å²) < 4.78 is 0.760. The lowest BCUT2D eigenvalue weighted by atomic mass is 10.3. The van der Waals surface area contributed by atoms with E-state index in [1.54, 1.807) is 6.92 Å². The van der Waals surface area contributed by atoms with Crippen LogP contribution < -0.4 is 11.5 Å². The highest BCUT2D eigenvalue weighted by molar-refractivity contribution is 8.00. The summed E-state index contributed by atoms with van der Waals surface area (Å²) in [5, 5.41) is 8.79. The molecule has 0 unspecified atom stereocenters. The molecule has 10 heteroatoms. The van der Waals surface area contributed by atoms with E-state index in [4.69, 9.17) is 16.6 Å². The minimum atomic E-state index is -0.869. The summed E-state index contributed by atoms with van der Waals surface area (Å²) in [5.74, 6) is 0.194. The third kappa shape index (κ3) is 3.78. The van der Waals surface area contributed by atoms with Gasteiger partial charge in [0.15, 0.2) is 4.34 Å². The van der Waals surface area contributed by atoms with Crippen molar-refractivity contribution >= 4 is 41.0 Å². The summed E-state index contributed by atoms with van der Waals surface area (Å²) in [6, 6.07) is 0. The quantitative estimate of drug-likeness (QED) is 0.681. The molecule has 0 aromatic carbocycles. The Morgan fingerprint density at radius 2 is 1.90 bits per heavy atom. The lowest BCUT2D eigenvalue weighted by Gasteiger charge is -2.00. The number of carboxylic acids is 1. The van der Waals surface area contributed by atoms with Gasteiger partial charge in [-0.3, -0.25) is 4.79 Å². The smallest absolute Gasteiger partial charge is 0.308 e. The van der Waals surface area contributed by atoms with E-state index in [-0.39, 0.29) is 18.3 Å².